The first-order valence-corrected chi connectivity index (χ1v) is 6.91. The van der Waals surface area contributed by atoms with E-state index in [2.05, 4.69) is 11.1 Å². The molecule has 0 aliphatic carbocycles. The van der Waals surface area contributed by atoms with Gasteiger partial charge in [-0.1, -0.05) is 13.0 Å². The molecule has 0 aliphatic heterocycles. The highest BCUT2D eigenvalue weighted by molar-refractivity contribution is 5.46. The Kier molecular flexibility index (Phi) is 4.56. The number of nitrogens with zero attached hydrogens (tertiary/aromatic N) is 2. The van der Waals surface area contributed by atoms with Crippen molar-refractivity contribution in [2.45, 2.75) is 33.3 Å². The van der Waals surface area contributed by atoms with Crippen LogP contribution >= 0.6 is 0 Å². The van der Waals surface area contributed by atoms with Crippen molar-refractivity contribution in [3.8, 4) is 17.6 Å². The molecule has 1 aromatic heterocycles. The van der Waals surface area contributed by atoms with Gasteiger partial charge in [-0.05, 0) is 44.5 Å². The maximum atomic E-state index is 9.84. The van der Waals surface area contributed by atoms with Gasteiger partial charge in [-0.25, -0.2) is 0 Å². The maximum absolute atomic E-state index is 9.84. The molecule has 4 nitrogen and oxygen atoms in total. The average Bonchev–Trinajstić information content (AvgIpc) is 2.48. The Balaban J connectivity index is 2.45. The first-order valence-electron chi connectivity index (χ1n) is 6.91. The Morgan fingerprint density at radius 3 is 2.67 bits per heavy atom. The van der Waals surface area contributed by atoms with E-state index in [1.165, 1.54) is 0 Å². The Bertz CT molecular complexity index is 688. The lowest BCUT2D eigenvalue weighted by molar-refractivity contribution is 0.195. The summed E-state index contributed by atoms with van der Waals surface area (Å²) in [6, 6.07) is 10.9. The number of nitriles is 1. The third-order valence-corrected chi connectivity index (χ3v) is 3.22. The Labute approximate surface area is 124 Å². The van der Waals surface area contributed by atoms with Gasteiger partial charge in [0.15, 0.2) is 0 Å². The predicted octanol–water partition coefficient (Wildman–Crippen LogP) is 3.67. The lowest BCUT2D eigenvalue weighted by Gasteiger charge is -2.15. The summed E-state index contributed by atoms with van der Waals surface area (Å²) in [6.45, 7) is 5.61. The van der Waals surface area contributed by atoms with E-state index in [-0.39, 0.29) is 0 Å². The van der Waals surface area contributed by atoms with E-state index in [1.807, 2.05) is 26.0 Å². The fraction of sp³-hybridized carbons (Fsp3) is 0.294. The summed E-state index contributed by atoms with van der Waals surface area (Å²) >= 11 is 0. The van der Waals surface area contributed by atoms with E-state index in [0.717, 1.165) is 17.8 Å². The molecule has 0 saturated heterocycles. The van der Waals surface area contributed by atoms with Crippen LogP contribution in [-0.2, 0) is 6.42 Å². The number of rotatable bonds is 4. The van der Waals surface area contributed by atoms with Gasteiger partial charge in [-0.3, -0.25) is 4.98 Å². The van der Waals surface area contributed by atoms with Crippen molar-refractivity contribution in [2.24, 2.45) is 0 Å². The summed E-state index contributed by atoms with van der Waals surface area (Å²) in [5.41, 5.74) is 2.93. The van der Waals surface area contributed by atoms with Crippen molar-refractivity contribution in [1.29, 1.82) is 5.26 Å². The van der Waals surface area contributed by atoms with E-state index in [9.17, 15) is 5.11 Å². The number of aliphatic hydroxyl groups is 1. The van der Waals surface area contributed by atoms with Gasteiger partial charge in [0.05, 0.1) is 23.4 Å². The zero-order chi connectivity index (χ0) is 15.4. The number of aliphatic hydroxyl groups excluding tert-OH is 1. The summed E-state index contributed by atoms with van der Waals surface area (Å²) in [7, 11) is 0. The fourth-order valence-corrected chi connectivity index (χ4v) is 2.10. The summed E-state index contributed by atoms with van der Waals surface area (Å²) in [6.07, 6.45) is 0.0788. The van der Waals surface area contributed by atoms with E-state index >= 15 is 0 Å². The van der Waals surface area contributed by atoms with Gasteiger partial charge in [0.25, 0.3) is 0 Å². The van der Waals surface area contributed by atoms with Gasteiger partial charge in [0, 0.05) is 11.3 Å². The largest absolute Gasteiger partial charge is 0.455 e. The monoisotopic (exact) mass is 282 g/mol. The van der Waals surface area contributed by atoms with E-state index < -0.39 is 6.10 Å². The highest BCUT2D eigenvalue weighted by Gasteiger charge is 2.13. The molecule has 0 fully saturated rings. The molecule has 108 valence electrons. The second kappa shape index (κ2) is 6.38. The third-order valence-electron chi connectivity index (χ3n) is 3.22. The van der Waals surface area contributed by atoms with Crippen LogP contribution in [0.4, 0.5) is 0 Å². The number of ether oxygens (including phenoxy) is 1. The van der Waals surface area contributed by atoms with Crippen molar-refractivity contribution >= 4 is 0 Å². The standard InChI is InChI=1S/C17H18N2O2/c1-4-15-16(8-5-11(2)19-15)21-17-9-13(10-18)6-7-14(17)12(3)20/h5-9,12,20H,4H2,1-3H3/t12-/m0/s1. The summed E-state index contributed by atoms with van der Waals surface area (Å²) in [5.74, 6) is 1.14. The number of aromatic nitrogens is 1. The fourth-order valence-electron chi connectivity index (χ4n) is 2.10. The lowest BCUT2D eigenvalue weighted by atomic mass is 10.1. The highest BCUT2D eigenvalue weighted by Crippen LogP contribution is 2.32. The van der Waals surface area contributed by atoms with Gasteiger partial charge in [-0.15, -0.1) is 0 Å². The first kappa shape index (κ1) is 15.0. The number of hydrogen-bond donors (Lipinski definition) is 1. The van der Waals surface area contributed by atoms with Crippen molar-refractivity contribution in [2.75, 3.05) is 0 Å². The SMILES string of the molecule is CCc1nc(C)ccc1Oc1cc(C#N)ccc1[C@H](C)O. The maximum Gasteiger partial charge on any atom is 0.148 e. The number of benzene rings is 1. The zero-order valence-corrected chi connectivity index (χ0v) is 12.4. The molecular weight excluding hydrogens is 264 g/mol. The Morgan fingerprint density at radius 1 is 1.29 bits per heavy atom. The average molecular weight is 282 g/mol. The van der Waals surface area contributed by atoms with Crippen LogP contribution in [0.25, 0.3) is 0 Å². The number of aryl methyl sites for hydroxylation is 2. The van der Waals surface area contributed by atoms with Crippen molar-refractivity contribution in [1.82, 2.24) is 4.98 Å². The highest BCUT2D eigenvalue weighted by atomic mass is 16.5. The second-order valence-electron chi connectivity index (χ2n) is 4.89. The molecule has 0 unspecified atom stereocenters. The van der Waals surface area contributed by atoms with Crippen LogP contribution in [0.2, 0.25) is 0 Å². The molecule has 0 aliphatic rings. The van der Waals surface area contributed by atoms with Crippen LogP contribution in [0, 0.1) is 18.3 Å². The van der Waals surface area contributed by atoms with Gasteiger partial charge in [0.2, 0.25) is 0 Å². The van der Waals surface area contributed by atoms with E-state index in [1.54, 1.807) is 25.1 Å². The topological polar surface area (TPSA) is 66.1 Å². The summed E-state index contributed by atoms with van der Waals surface area (Å²) in [5, 5.41) is 18.9. The van der Waals surface area contributed by atoms with Crippen molar-refractivity contribution in [3.63, 3.8) is 0 Å². The second-order valence-corrected chi connectivity index (χ2v) is 4.89. The molecule has 1 heterocycles. The molecule has 2 rings (SSSR count). The molecule has 4 heteroatoms. The van der Waals surface area contributed by atoms with Crippen molar-refractivity contribution in [3.05, 3.63) is 52.8 Å². The quantitative estimate of drug-likeness (QED) is 0.929. The Hall–Kier alpha value is -2.38. The summed E-state index contributed by atoms with van der Waals surface area (Å²) < 4.78 is 5.92. The minimum Gasteiger partial charge on any atom is -0.455 e. The molecule has 1 N–H and O–H groups in total. The molecular formula is C17H18N2O2. The normalized spacial score (nSPS) is 11.8. The minimum absolute atomic E-state index is 0.490. The predicted molar refractivity (Wildman–Crippen MR) is 80.2 cm³/mol. The zero-order valence-electron chi connectivity index (χ0n) is 12.4. The van der Waals surface area contributed by atoms with Crippen LogP contribution in [0.3, 0.4) is 0 Å². The molecule has 0 saturated carbocycles. The summed E-state index contributed by atoms with van der Waals surface area (Å²) in [4.78, 5) is 4.45. The molecule has 0 bridgehead atoms. The van der Waals surface area contributed by atoms with Crippen LogP contribution < -0.4 is 4.74 Å². The van der Waals surface area contributed by atoms with Gasteiger partial charge in [-0.2, -0.15) is 5.26 Å². The third kappa shape index (κ3) is 3.39. The van der Waals surface area contributed by atoms with Crippen LogP contribution in [0.1, 0.15) is 42.5 Å². The first-order chi connectivity index (χ1) is 10.0. The Morgan fingerprint density at radius 2 is 2.05 bits per heavy atom. The van der Waals surface area contributed by atoms with Crippen molar-refractivity contribution < 1.29 is 9.84 Å². The van der Waals surface area contributed by atoms with E-state index in [0.29, 0.717) is 22.6 Å². The molecule has 0 spiro atoms. The van der Waals surface area contributed by atoms with Gasteiger partial charge in [0.1, 0.15) is 11.5 Å². The molecule has 0 radical (unpaired) electrons. The van der Waals surface area contributed by atoms with Crippen LogP contribution in [0.5, 0.6) is 11.5 Å². The van der Waals surface area contributed by atoms with Gasteiger partial charge >= 0.3 is 0 Å². The van der Waals surface area contributed by atoms with E-state index in [4.69, 9.17) is 10.00 Å². The minimum atomic E-state index is -0.670. The molecule has 0 amide bonds. The molecule has 1 atom stereocenters. The smallest absolute Gasteiger partial charge is 0.148 e. The van der Waals surface area contributed by atoms with Gasteiger partial charge < -0.3 is 9.84 Å². The number of pyridine rings is 1. The molecule has 21 heavy (non-hydrogen) atoms. The lowest BCUT2D eigenvalue weighted by Crippen LogP contribution is -2.00. The molecule has 1 aromatic carbocycles. The van der Waals surface area contributed by atoms with Crippen LogP contribution in [-0.4, -0.2) is 10.1 Å². The molecule has 2 aromatic rings. The van der Waals surface area contributed by atoms with Crippen LogP contribution in [0.15, 0.2) is 30.3 Å². The number of hydrogen-bond acceptors (Lipinski definition) is 4.